The molecule has 6 nitrogen and oxygen atoms in total. The van der Waals surface area contributed by atoms with E-state index in [4.69, 9.17) is 14.6 Å². The molecule has 1 aliphatic heterocycles. The van der Waals surface area contributed by atoms with E-state index in [1.54, 1.807) is 0 Å². The van der Waals surface area contributed by atoms with Gasteiger partial charge in [-0.3, -0.25) is 0 Å². The van der Waals surface area contributed by atoms with Gasteiger partial charge in [-0.05, 0) is 13.8 Å². The molecule has 5 atom stereocenters. The Hall–Kier alpha value is -0.500. The summed E-state index contributed by atoms with van der Waals surface area (Å²) < 4.78 is 10.4. The van der Waals surface area contributed by atoms with Crippen LogP contribution in [-0.4, -0.2) is 64.3 Å². The van der Waals surface area contributed by atoms with E-state index in [0.717, 1.165) is 5.57 Å². The molecule has 0 aromatic heterocycles. The summed E-state index contributed by atoms with van der Waals surface area (Å²) in [6, 6.07) is 0. The smallest absolute Gasteiger partial charge is 0.187 e. The molecule has 1 heterocycles. The SMILES string of the molecule is CC=C(C)COC1OC(CO)C(O)C(O)C1O. The molecule has 0 bridgehead atoms. The number of aliphatic hydroxyl groups excluding tert-OH is 4. The highest BCUT2D eigenvalue weighted by Crippen LogP contribution is 2.22. The standard InChI is InChI=1S/C11H20O6/c1-3-6(2)5-16-11-10(15)9(14)8(13)7(4-12)17-11/h3,7-15H,4-5H2,1-2H3. The van der Waals surface area contributed by atoms with Gasteiger partial charge in [0.15, 0.2) is 6.29 Å². The highest BCUT2D eigenvalue weighted by Gasteiger charge is 2.43. The Balaban J connectivity index is 2.59. The van der Waals surface area contributed by atoms with Crippen LogP contribution in [0, 0.1) is 0 Å². The quantitative estimate of drug-likeness (QED) is 0.465. The van der Waals surface area contributed by atoms with Crippen LogP contribution >= 0.6 is 0 Å². The van der Waals surface area contributed by atoms with E-state index in [1.807, 2.05) is 19.9 Å². The monoisotopic (exact) mass is 248 g/mol. The summed E-state index contributed by atoms with van der Waals surface area (Å²) in [5.41, 5.74) is 0.946. The number of rotatable bonds is 4. The summed E-state index contributed by atoms with van der Waals surface area (Å²) in [5.74, 6) is 0. The molecule has 5 unspecified atom stereocenters. The molecule has 1 fully saturated rings. The Morgan fingerprint density at radius 3 is 2.41 bits per heavy atom. The first-order valence-electron chi connectivity index (χ1n) is 5.55. The fourth-order valence-corrected chi connectivity index (χ4v) is 1.50. The molecular weight excluding hydrogens is 228 g/mol. The number of ether oxygens (including phenoxy) is 2. The van der Waals surface area contributed by atoms with Gasteiger partial charge in [0.25, 0.3) is 0 Å². The predicted octanol–water partition coefficient (Wildman–Crippen LogP) is -1.23. The van der Waals surface area contributed by atoms with Crippen LogP contribution < -0.4 is 0 Å². The zero-order chi connectivity index (χ0) is 13.0. The first kappa shape index (κ1) is 14.6. The number of aliphatic hydroxyl groups is 4. The molecule has 0 aromatic carbocycles. The van der Waals surface area contributed by atoms with Gasteiger partial charge in [0.05, 0.1) is 13.2 Å². The van der Waals surface area contributed by atoms with E-state index in [1.165, 1.54) is 0 Å². The second-order valence-corrected chi connectivity index (χ2v) is 4.14. The number of hydrogen-bond donors (Lipinski definition) is 4. The van der Waals surface area contributed by atoms with Crippen LogP contribution in [0.1, 0.15) is 13.8 Å². The van der Waals surface area contributed by atoms with Gasteiger partial charge in [-0.1, -0.05) is 11.6 Å². The molecule has 100 valence electrons. The van der Waals surface area contributed by atoms with Gasteiger partial charge >= 0.3 is 0 Å². The summed E-state index contributed by atoms with van der Waals surface area (Å²) >= 11 is 0. The fourth-order valence-electron chi connectivity index (χ4n) is 1.50. The lowest BCUT2D eigenvalue weighted by Gasteiger charge is -2.39. The Kier molecular flexibility index (Phi) is 5.51. The highest BCUT2D eigenvalue weighted by molar-refractivity contribution is 4.96. The van der Waals surface area contributed by atoms with E-state index in [9.17, 15) is 15.3 Å². The lowest BCUT2D eigenvalue weighted by molar-refractivity contribution is -0.299. The Bertz CT molecular complexity index is 265. The lowest BCUT2D eigenvalue weighted by Crippen LogP contribution is -2.59. The van der Waals surface area contributed by atoms with Crippen molar-refractivity contribution in [1.29, 1.82) is 0 Å². The molecule has 0 aliphatic carbocycles. The van der Waals surface area contributed by atoms with Crippen LogP contribution in [-0.2, 0) is 9.47 Å². The van der Waals surface area contributed by atoms with Gasteiger partial charge in [0.2, 0.25) is 0 Å². The van der Waals surface area contributed by atoms with Crippen LogP contribution in [0.15, 0.2) is 11.6 Å². The van der Waals surface area contributed by atoms with Crippen LogP contribution in [0.25, 0.3) is 0 Å². The van der Waals surface area contributed by atoms with E-state index in [-0.39, 0.29) is 6.61 Å². The first-order valence-corrected chi connectivity index (χ1v) is 5.55. The first-order chi connectivity index (χ1) is 8.01. The molecule has 1 rings (SSSR count). The van der Waals surface area contributed by atoms with Crippen LogP contribution in [0.3, 0.4) is 0 Å². The van der Waals surface area contributed by atoms with Gasteiger partial charge in [-0.2, -0.15) is 0 Å². The van der Waals surface area contributed by atoms with Crippen LogP contribution in [0.5, 0.6) is 0 Å². The van der Waals surface area contributed by atoms with Gasteiger partial charge in [-0.15, -0.1) is 0 Å². The van der Waals surface area contributed by atoms with Crippen molar-refractivity contribution in [2.75, 3.05) is 13.2 Å². The van der Waals surface area contributed by atoms with Crippen LogP contribution in [0.4, 0.5) is 0 Å². The van der Waals surface area contributed by atoms with Gasteiger partial charge < -0.3 is 29.9 Å². The molecule has 0 spiro atoms. The second-order valence-electron chi connectivity index (χ2n) is 4.14. The van der Waals surface area contributed by atoms with Crippen molar-refractivity contribution < 1.29 is 29.9 Å². The van der Waals surface area contributed by atoms with Gasteiger partial charge in [0.1, 0.15) is 24.4 Å². The molecule has 1 aliphatic rings. The molecular formula is C11H20O6. The number of allylic oxidation sites excluding steroid dienone is 1. The maximum atomic E-state index is 9.65. The topological polar surface area (TPSA) is 99.4 Å². The fraction of sp³-hybridized carbons (Fsp3) is 0.818. The number of hydrogen-bond acceptors (Lipinski definition) is 6. The summed E-state index contributed by atoms with van der Waals surface area (Å²) in [6.45, 7) is 3.50. The molecule has 4 N–H and O–H groups in total. The van der Waals surface area contributed by atoms with Crippen molar-refractivity contribution in [1.82, 2.24) is 0 Å². The minimum absolute atomic E-state index is 0.249. The lowest BCUT2D eigenvalue weighted by atomic mass is 9.99. The van der Waals surface area contributed by atoms with Crippen molar-refractivity contribution in [2.24, 2.45) is 0 Å². The van der Waals surface area contributed by atoms with E-state index in [2.05, 4.69) is 0 Å². The third-order valence-corrected chi connectivity index (χ3v) is 2.82. The summed E-state index contributed by atoms with van der Waals surface area (Å²) in [5, 5.41) is 37.6. The molecule has 1 saturated heterocycles. The third kappa shape index (κ3) is 3.48. The molecule has 0 amide bonds. The maximum Gasteiger partial charge on any atom is 0.187 e. The summed E-state index contributed by atoms with van der Waals surface area (Å²) in [4.78, 5) is 0. The van der Waals surface area contributed by atoms with Crippen molar-refractivity contribution in [2.45, 2.75) is 44.6 Å². The molecule has 6 heteroatoms. The largest absolute Gasteiger partial charge is 0.394 e. The van der Waals surface area contributed by atoms with E-state index >= 15 is 0 Å². The van der Waals surface area contributed by atoms with Crippen LogP contribution in [0.2, 0.25) is 0 Å². The highest BCUT2D eigenvalue weighted by atomic mass is 16.7. The second kappa shape index (κ2) is 6.44. The maximum absolute atomic E-state index is 9.65. The molecule has 0 radical (unpaired) electrons. The van der Waals surface area contributed by atoms with Crippen molar-refractivity contribution in [3.05, 3.63) is 11.6 Å². The average molecular weight is 248 g/mol. The third-order valence-electron chi connectivity index (χ3n) is 2.82. The van der Waals surface area contributed by atoms with E-state index < -0.39 is 37.3 Å². The van der Waals surface area contributed by atoms with Gasteiger partial charge in [0, 0.05) is 0 Å². The molecule has 0 aromatic rings. The molecule has 0 saturated carbocycles. The molecule has 17 heavy (non-hydrogen) atoms. The Labute approximate surface area is 100 Å². The Morgan fingerprint density at radius 1 is 1.24 bits per heavy atom. The average Bonchev–Trinajstić information content (AvgIpc) is 2.34. The van der Waals surface area contributed by atoms with Gasteiger partial charge in [-0.25, -0.2) is 0 Å². The Morgan fingerprint density at radius 2 is 1.88 bits per heavy atom. The van der Waals surface area contributed by atoms with Crippen molar-refractivity contribution in [3.8, 4) is 0 Å². The normalized spacial score (nSPS) is 39.4. The van der Waals surface area contributed by atoms with Crippen molar-refractivity contribution >= 4 is 0 Å². The zero-order valence-corrected chi connectivity index (χ0v) is 9.98. The summed E-state index contributed by atoms with van der Waals surface area (Å²) in [6.07, 6.45) is -4.21. The predicted molar refractivity (Wildman–Crippen MR) is 59.2 cm³/mol. The minimum atomic E-state index is -1.39. The summed E-state index contributed by atoms with van der Waals surface area (Å²) in [7, 11) is 0. The van der Waals surface area contributed by atoms with E-state index in [0.29, 0.717) is 0 Å². The zero-order valence-electron chi connectivity index (χ0n) is 9.98. The van der Waals surface area contributed by atoms with Crippen molar-refractivity contribution in [3.63, 3.8) is 0 Å². The minimum Gasteiger partial charge on any atom is -0.394 e.